The van der Waals surface area contributed by atoms with Crippen molar-refractivity contribution < 1.29 is 4.79 Å². The molecule has 0 aliphatic carbocycles. The van der Waals surface area contributed by atoms with Gasteiger partial charge in [0.2, 0.25) is 0 Å². The Morgan fingerprint density at radius 3 is 2.89 bits per heavy atom. The van der Waals surface area contributed by atoms with Crippen molar-refractivity contribution in [2.45, 2.75) is 6.04 Å². The van der Waals surface area contributed by atoms with Crippen molar-refractivity contribution in [3.63, 3.8) is 0 Å². The fourth-order valence-electron chi connectivity index (χ4n) is 2.00. The van der Waals surface area contributed by atoms with Crippen LogP contribution in [0.4, 0.5) is 0 Å². The summed E-state index contributed by atoms with van der Waals surface area (Å²) < 4.78 is 2.71. The van der Waals surface area contributed by atoms with Gasteiger partial charge in [0.1, 0.15) is 0 Å². The quantitative estimate of drug-likeness (QED) is 0.849. The van der Waals surface area contributed by atoms with Crippen LogP contribution in [0.5, 0.6) is 0 Å². The highest BCUT2D eigenvalue weighted by Gasteiger charge is 2.32. The van der Waals surface area contributed by atoms with Gasteiger partial charge in [-0.15, -0.1) is 5.10 Å². The van der Waals surface area contributed by atoms with E-state index < -0.39 is 0 Å². The van der Waals surface area contributed by atoms with Crippen molar-refractivity contribution in [3.8, 4) is 0 Å². The summed E-state index contributed by atoms with van der Waals surface area (Å²) in [7, 11) is 0. The minimum absolute atomic E-state index is 0.0627. The van der Waals surface area contributed by atoms with Crippen molar-refractivity contribution in [2.24, 2.45) is 0 Å². The summed E-state index contributed by atoms with van der Waals surface area (Å²) in [6.45, 7) is 1.38. The van der Waals surface area contributed by atoms with Crippen LogP contribution in [0.2, 0.25) is 0 Å². The third kappa shape index (κ3) is 2.03. The van der Waals surface area contributed by atoms with Crippen LogP contribution in [-0.2, 0) is 0 Å². The molecule has 1 fully saturated rings. The van der Waals surface area contributed by atoms with Crippen LogP contribution in [0.25, 0.3) is 0 Å². The molecule has 0 radical (unpaired) electrons. The highest BCUT2D eigenvalue weighted by atomic mass is 79.9. The number of rotatable bonds is 2. The van der Waals surface area contributed by atoms with E-state index in [1.807, 2.05) is 35.4 Å². The lowest BCUT2D eigenvalue weighted by atomic mass is 10.1. The van der Waals surface area contributed by atoms with Gasteiger partial charge in [0.15, 0.2) is 0 Å². The Bertz CT molecular complexity index is 563. The zero-order chi connectivity index (χ0) is 12.5. The first-order chi connectivity index (χ1) is 8.74. The maximum absolute atomic E-state index is 12.2. The minimum Gasteiger partial charge on any atom is -0.334 e. The van der Waals surface area contributed by atoms with E-state index in [0.29, 0.717) is 18.7 Å². The highest BCUT2D eigenvalue weighted by Crippen LogP contribution is 2.23. The van der Waals surface area contributed by atoms with Gasteiger partial charge in [-0.05, 0) is 18.2 Å². The van der Waals surface area contributed by atoms with E-state index in [4.69, 9.17) is 0 Å². The van der Waals surface area contributed by atoms with Crippen LogP contribution < -0.4 is 0 Å². The molecule has 1 aliphatic heterocycles. The summed E-state index contributed by atoms with van der Waals surface area (Å²) in [6, 6.07) is 7.70. The Labute approximate surface area is 113 Å². The van der Waals surface area contributed by atoms with E-state index in [0.717, 1.165) is 4.47 Å². The van der Waals surface area contributed by atoms with Gasteiger partial charge in [0.05, 0.1) is 12.2 Å². The Morgan fingerprint density at radius 2 is 2.22 bits per heavy atom. The number of nitrogens with zero attached hydrogens (tertiary/aromatic N) is 4. The Kier molecular flexibility index (Phi) is 2.87. The highest BCUT2D eigenvalue weighted by molar-refractivity contribution is 9.10. The number of carbonyl (C=O) groups is 1. The largest absolute Gasteiger partial charge is 0.334 e. The van der Waals surface area contributed by atoms with Crippen LogP contribution >= 0.6 is 15.9 Å². The Morgan fingerprint density at radius 1 is 1.39 bits per heavy atom. The Hall–Kier alpha value is -1.69. The molecule has 1 aromatic carbocycles. The fourth-order valence-corrected chi connectivity index (χ4v) is 2.40. The molecule has 0 spiro atoms. The second kappa shape index (κ2) is 4.53. The molecule has 0 bridgehead atoms. The van der Waals surface area contributed by atoms with Crippen LogP contribution in [0.15, 0.2) is 41.1 Å². The molecule has 0 atom stereocenters. The first-order valence-electron chi connectivity index (χ1n) is 5.64. The molecule has 0 unspecified atom stereocenters. The predicted molar refractivity (Wildman–Crippen MR) is 69.1 cm³/mol. The van der Waals surface area contributed by atoms with Gasteiger partial charge >= 0.3 is 0 Å². The number of likely N-dealkylation sites (tertiary alicyclic amines) is 1. The van der Waals surface area contributed by atoms with Gasteiger partial charge in [-0.1, -0.05) is 27.2 Å². The van der Waals surface area contributed by atoms with Gasteiger partial charge in [-0.2, -0.15) is 0 Å². The summed E-state index contributed by atoms with van der Waals surface area (Å²) in [5.74, 6) is 0.0627. The lowest BCUT2D eigenvalue weighted by Gasteiger charge is -2.38. The molecule has 3 rings (SSSR count). The average molecular weight is 307 g/mol. The average Bonchev–Trinajstić information content (AvgIpc) is 2.80. The zero-order valence-corrected chi connectivity index (χ0v) is 11.1. The first-order valence-corrected chi connectivity index (χ1v) is 6.44. The normalized spacial score (nSPS) is 15.5. The van der Waals surface area contributed by atoms with Crippen molar-refractivity contribution in [1.29, 1.82) is 0 Å². The fraction of sp³-hybridized carbons (Fsp3) is 0.250. The summed E-state index contributed by atoms with van der Waals surface area (Å²) in [6.07, 6.45) is 3.48. The van der Waals surface area contributed by atoms with Gasteiger partial charge in [0.25, 0.3) is 5.91 Å². The van der Waals surface area contributed by atoms with Crippen molar-refractivity contribution in [2.75, 3.05) is 13.1 Å². The number of aromatic nitrogens is 3. The molecule has 0 saturated carbocycles. The monoisotopic (exact) mass is 306 g/mol. The minimum atomic E-state index is 0.0627. The van der Waals surface area contributed by atoms with Crippen LogP contribution in [0.3, 0.4) is 0 Å². The van der Waals surface area contributed by atoms with E-state index >= 15 is 0 Å². The number of hydrogen-bond acceptors (Lipinski definition) is 3. The molecule has 6 heteroatoms. The predicted octanol–water partition coefficient (Wildman–Crippen LogP) is 1.74. The van der Waals surface area contributed by atoms with E-state index in [-0.39, 0.29) is 11.9 Å². The SMILES string of the molecule is O=C(c1cccc(Br)c1)N1CC(n2ccnn2)C1. The zero-order valence-electron chi connectivity index (χ0n) is 9.53. The van der Waals surface area contributed by atoms with Crippen molar-refractivity contribution >= 4 is 21.8 Å². The van der Waals surface area contributed by atoms with E-state index in [1.54, 1.807) is 10.9 Å². The summed E-state index contributed by atoms with van der Waals surface area (Å²) in [4.78, 5) is 14.0. The molecule has 1 saturated heterocycles. The topological polar surface area (TPSA) is 51.0 Å². The summed E-state index contributed by atoms with van der Waals surface area (Å²) in [5.41, 5.74) is 0.710. The van der Waals surface area contributed by atoms with E-state index in [9.17, 15) is 4.79 Å². The number of hydrogen-bond donors (Lipinski definition) is 0. The second-order valence-electron chi connectivity index (χ2n) is 4.26. The molecule has 1 aliphatic rings. The third-order valence-corrected chi connectivity index (χ3v) is 3.53. The molecular formula is C12H11BrN4O. The molecule has 2 heterocycles. The van der Waals surface area contributed by atoms with Gasteiger partial charge < -0.3 is 4.90 Å². The molecule has 2 aromatic rings. The maximum atomic E-state index is 12.2. The van der Waals surface area contributed by atoms with Crippen LogP contribution in [0, 0.1) is 0 Å². The van der Waals surface area contributed by atoms with Crippen LogP contribution in [0.1, 0.15) is 16.4 Å². The van der Waals surface area contributed by atoms with Gasteiger partial charge in [0, 0.05) is 29.3 Å². The molecule has 5 nitrogen and oxygen atoms in total. The third-order valence-electron chi connectivity index (χ3n) is 3.04. The molecule has 1 amide bonds. The molecule has 1 aromatic heterocycles. The van der Waals surface area contributed by atoms with Crippen molar-refractivity contribution in [1.82, 2.24) is 19.9 Å². The van der Waals surface area contributed by atoms with E-state index in [1.165, 1.54) is 0 Å². The van der Waals surface area contributed by atoms with E-state index in [2.05, 4.69) is 26.2 Å². The smallest absolute Gasteiger partial charge is 0.254 e. The number of halogens is 1. The summed E-state index contributed by atoms with van der Waals surface area (Å²) in [5, 5.41) is 7.71. The maximum Gasteiger partial charge on any atom is 0.254 e. The standard InChI is InChI=1S/C12H11BrN4O/c13-10-3-1-2-9(6-10)12(18)16-7-11(8-16)17-5-4-14-15-17/h1-6,11H,7-8H2. The molecular weight excluding hydrogens is 296 g/mol. The number of amides is 1. The molecule has 92 valence electrons. The molecule has 18 heavy (non-hydrogen) atoms. The molecule has 0 N–H and O–H groups in total. The number of carbonyl (C=O) groups excluding carboxylic acids is 1. The lowest BCUT2D eigenvalue weighted by molar-refractivity contribution is 0.0498. The van der Waals surface area contributed by atoms with Crippen LogP contribution in [-0.4, -0.2) is 38.9 Å². The Balaban J connectivity index is 1.66. The van der Waals surface area contributed by atoms with Crippen molar-refractivity contribution in [3.05, 3.63) is 46.7 Å². The first kappa shape index (κ1) is 11.4. The van der Waals surface area contributed by atoms with Gasteiger partial charge in [-0.3, -0.25) is 4.79 Å². The number of benzene rings is 1. The second-order valence-corrected chi connectivity index (χ2v) is 5.17. The lowest BCUT2D eigenvalue weighted by Crippen LogP contribution is -2.50. The van der Waals surface area contributed by atoms with Gasteiger partial charge in [-0.25, -0.2) is 4.68 Å². The summed E-state index contributed by atoms with van der Waals surface area (Å²) >= 11 is 3.37.